The Morgan fingerprint density at radius 1 is 1.19 bits per heavy atom. The van der Waals surface area contributed by atoms with Crippen LogP contribution in [0, 0.1) is 24.8 Å². The summed E-state index contributed by atoms with van der Waals surface area (Å²) in [5.41, 5.74) is 0.648. The van der Waals surface area contributed by atoms with E-state index in [1.165, 1.54) is 7.11 Å². The summed E-state index contributed by atoms with van der Waals surface area (Å²) in [4.78, 5) is 43.9. The van der Waals surface area contributed by atoms with Crippen molar-refractivity contribution in [1.29, 1.82) is 5.26 Å². The highest BCUT2D eigenvalue weighted by molar-refractivity contribution is 5.99. The number of rotatable bonds is 13. The van der Waals surface area contributed by atoms with Gasteiger partial charge in [0.25, 0.3) is 0 Å². The monoisotopic (exact) mass is 572 g/mol. The van der Waals surface area contributed by atoms with Crippen LogP contribution in [0.3, 0.4) is 0 Å². The van der Waals surface area contributed by atoms with Crippen molar-refractivity contribution in [3.63, 3.8) is 0 Å². The summed E-state index contributed by atoms with van der Waals surface area (Å²) < 4.78 is 11.3. The number of azo groups is 1. The van der Waals surface area contributed by atoms with Crippen LogP contribution < -0.4 is 10.2 Å². The van der Waals surface area contributed by atoms with Gasteiger partial charge in [0.1, 0.15) is 35.5 Å². The van der Waals surface area contributed by atoms with Gasteiger partial charge in [0.2, 0.25) is 0 Å². The van der Waals surface area contributed by atoms with Gasteiger partial charge in [-0.2, -0.15) is 5.26 Å². The Morgan fingerprint density at radius 3 is 2.50 bits per heavy atom. The van der Waals surface area contributed by atoms with E-state index in [4.69, 9.17) is 21.0 Å². The van der Waals surface area contributed by atoms with Crippen molar-refractivity contribution < 1.29 is 19.1 Å². The van der Waals surface area contributed by atoms with E-state index < -0.39 is 18.5 Å². The zero-order valence-electron chi connectivity index (χ0n) is 24.2. The molecule has 0 aliphatic rings. The second-order valence-electron chi connectivity index (χ2n) is 8.85. The zero-order valence-corrected chi connectivity index (χ0v) is 24.2. The Morgan fingerprint density at radius 2 is 1.93 bits per heavy atom. The number of methoxy groups -OCH3 is 1. The van der Waals surface area contributed by atoms with Gasteiger partial charge in [0.05, 0.1) is 13.7 Å². The van der Waals surface area contributed by atoms with Crippen molar-refractivity contribution in [1.82, 2.24) is 19.5 Å². The number of pyridine rings is 2. The average Bonchev–Trinajstić information content (AvgIpc) is 3.32. The highest BCUT2D eigenvalue weighted by Gasteiger charge is 2.27. The third-order valence-electron chi connectivity index (χ3n) is 5.96. The standard InChI is InChI=1S/C28H32N10O4/c1-7-14-37(15-8-2)26-22(27(40)41-6)18(4)23(25(33-26)32-20-12-10-11-13-31-20)35-36-28-34-24(30-5)19(16-29)38(28)17-21(39)42-9-3/h10-13H,7-9,14-15,17H2,1-4,6H3,(H,31,32,33). The van der Waals surface area contributed by atoms with E-state index in [1.54, 1.807) is 38.2 Å². The van der Waals surface area contributed by atoms with Crippen LogP contribution in [0.4, 0.5) is 34.9 Å². The van der Waals surface area contributed by atoms with E-state index >= 15 is 0 Å². The molecule has 0 aliphatic carbocycles. The molecule has 0 unspecified atom stereocenters. The first-order valence-electron chi connectivity index (χ1n) is 13.3. The quantitative estimate of drug-likeness (QED) is 0.156. The summed E-state index contributed by atoms with van der Waals surface area (Å²) in [5.74, 6) is -0.497. The molecule has 1 N–H and O–H groups in total. The fourth-order valence-corrected chi connectivity index (χ4v) is 4.16. The van der Waals surface area contributed by atoms with Gasteiger partial charge < -0.3 is 24.5 Å². The van der Waals surface area contributed by atoms with Crippen molar-refractivity contribution in [2.24, 2.45) is 10.2 Å². The minimum Gasteiger partial charge on any atom is -0.465 e. The van der Waals surface area contributed by atoms with Gasteiger partial charge in [-0.25, -0.2) is 14.8 Å². The van der Waals surface area contributed by atoms with Crippen molar-refractivity contribution in [2.75, 3.05) is 37.0 Å². The number of hydrogen-bond donors (Lipinski definition) is 1. The lowest BCUT2D eigenvalue weighted by atomic mass is 10.1. The van der Waals surface area contributed by atoms with Gasteiger partial charge in [-0.1, -0.05) is 36.6 Å². The highest BCUT2D eigenvalue weighted by Crippen LogP contribution is 2.38. The number of nitriles is 1. The molecule has 0 bridgehead atoms. The molecule has 0 saturated heterocycles. The molecule has 218 valence electrons. The second kappa shape index (κ2) is 14.9. The number of nitrogens with zero attached hydrogens (tertiary/aromatic N) is 9. The van der Waals surface area contributed by atoms with Gasteiger partial charge in [0.15, 0.2) is 11.5 Å². The molecule has 3 heterocycles. The molecule has 0 spiro atoms. The maximum absolute atomic E-state index is 13.1. The van der Waals surface area contributed by atoms with Gasteiger partial charge in [0, 0.05) is 19.3 Å². The van der Waals surface area contributed by atoms with Crippen LogP contribution in [0.5, 0.6) is 0 Å². The fourth-order valence-electron chi connectivity index (χ4n) is 4.16. The number of carbonyl (C=O) groups is 2. The number of aromatic nitrogens is 4. The van der Waals surface area contributed by atoms with Crippen LogP contribution in [0.15, 0.2) is 34.6 Å². The van der Waals surface area contributed by atoms with E-state index in [9.17, 15) is 14.9 Å². The molecular weight excluding hydrogens is 540 g/mol. The minimum absolute atomic E-state index is 0.130. The minimum atomic E-state index is -0.640. The fraction of sp³-hybridized carbons (Fsp3) is 0.393. The summed E-state index contributed by atoms with van der Waals surface area (Å²) in [6.45, 7) is 15.8. The molecule has 14 nitrogen and oxygen atoms in total. The number of hydrogen-bond acceptors (Lipinski definition) is 12. The highest BCUT2D eigenvalue weighted by atomic mass is 16.5. The topological polar surface area (TPSA) is 164 Å². The maximum atomic E-state index is 13.1. The number of nitrogens with one attached hydrogen (secondary N) is 1. The van der Waals surface area contributed by atoms with Crippen molar-refractivity contribution in [2.45, 2.75) is 47.1 Å². The second-order valence-corrected chi connectivity index (χ2v) is 8.85. The largest absolute Gasteiger partial charge is 0.465 e. The number of anilines is 3. The van der Waals surface area contributed by atoms with E-state index in [1.807, 2.05) is 24.8 Å². The summed E-state index contributed by atoms with van der Waals surface area (Å²) in [5, 5.41) is 21.4. The molecule has 0 aromatic carbocycles. The lowest BCUT2D eigenvalue weighted by Crippen LogP contribution is -2.29. The van der Waals surface area contributed by atoms with Crippen LogP contribution in [0.25, 0.3) is 4.85 Å². The Labute approximate surface area is 243 Å². The molecule has 0 radical (unpaired) electrons. The molecule has 0 fully saturated rings. The molecule has 0 amide bonds. The Bertz CT molecular complexity index is 1530. The molecule has 42 heavy (non-hydrogen) atoms. The molecule has 3 rings (SSSR count). The number of esters is 2. The van der Waals surface area contributed by atoms with E-state index in [0.29, 0.717) is 30.3 Å². The van der Waals surface area contributed by atoms with Crippen molar-refractivity contribution in [3.8, 4) is 6.07 Å². The summed E-state index contributed by atoms with van der Waals surface area (Å²) in [7, 11) is 1.29. The van der Waals surface area contributed by atoms with E-state index in [2.05, 4.69) is 30.4 Å². The van der Waals surface area contributed by atoms with Gasteiger partial charge in [-0.05, 0) is 44.4 Å². The molecular formula is C28H32N10O4. The maximum Gasteiger partial charge on any atom is 0.345 e. The van der Waals surface area contributed by atoms with Gasteiger partial charge in [-0.15, -0.1) is 5.11 Å². The van der Waals surface area contributed by atoms with Crippen LogP contribution in [-0.2, 0) is 20.8 Å². The number of ether oxygens (including phenoxy) is 2. The van der Waals surface area contributed by atoms with Crippen LogP contribution >= 0.6 is 0 Å². The Balaban J connectivity index is 2.28. The average molecular weight is 573 g/mol. The molecule has 0 atom stereocenters. The Hall–Kier alpha value is -5.37. The normalized spacial score (nSPS) is 10.6. The number of imidazole rings is 1. The molecule has 14 heteroatoms. The predicted octanol–water partition coefficient (Wildman–Crippen LogP) is 5.54. The third-order valence-corrected chi connectivity index (χ3v) is 5.96. The molecule has 3 aromatic heterocycles. The zero-order chi connectivity index (χ0) is 30.6. The van der Waals surface area contributed by atoms with E-state index in [-0.39, 0.29) is 41.1 Å². The summed E-state index contributed by atoms with van der Waals surface area (Å²) in [6.07, 6.45) is 3.25. The van der Waals surface area contributed by atoms with E-state index in [0.717, 1.165) is 17.4 Å². The Kier molecular flexibility index (Phi) is 11.0. The summed E-state index contributed by atoms with van der Waals surface area (Å²) >= 11 is 0. The molecule has 0 saturated carbocycles. The van der Waals surface area contributed by atoms with Crippen molar-refractivity contribution >= 4 is 46.8 Å². The predicted molar refractivity (Wildman–Crippen MR) is 155 cm³/mol. The van der Waals surface area contributed by atoms with Crippen LogP contribution in [0.2, 0.25) is 0 Å². The van der Waals surface area contributed by atoms with Crippen molar-refractivity contribution in [3.05, 3.63) is 52.6 Å². The first kappa shape index (κ1) is 31.2. The lowest BCUT2D eigenvalue weighted by molar-refractivity contribution is -0.143. The SMILES string of the molecule is [C-]#[N+]c1nc(N=Nc2c(Nc3ccccn3)nc(N(CCC)CCC)c(C(=O)OC)c2C)n(CC(=O)OCC)c1C#N. The first-order chi connectivity index (χ1) is 20.3. The first-order valence-corrected chi connectivity index (χ1v) is 13.3. The number of carbonyl (C=O) groups excluding carboxylic acids is 2. The third kappa shape index (κ3) is 7.03. The molecule has 3 aromatic rings. The smallest absolute Gasteiger partial charge is 0.345 e. The van der Waals surface area contributed by atoms with Gasteiger partial charge >= 0.3 is 23.7 Å². The molecule has 0 aliphatic heterocycles. The summed E-state index contributed by atoms with van der Waals surface area (Å²) in [6, 6.07) is 7.20. The van der Waals surface area contributed by atoms with Crippen LogP contribution in [0.1, 0.15) is 55.2 Å². The van der Waals surface area contributed by atoms with Crippen LogP contribution in [-0.4, -0.2) is 58.3 Å². The van der Waals surface area contributed by atoms with Gasteiger partial charge in [-0.3, -0.25) is 9.36 Å². The lowest BCUT2D eigenvalue weighted by Gasteiger charge is -2.26.